The summed E-state index contributed by atoms with van der Waals surface area (Å²) in [6.07, 6.45) is 8.10. The lowest BCUT2D eigenvalue weighted by atomic mass is 9.89. The molecule has 0 spiro atoms. The summed E-state index contributed by atoms with van der Waals surface area (Å²) in [7, 11) is 0. The zero-order valence-electron chi connectivity index (χ0n) is 20.7. The number of hydrogen-bond acceptors (Lipinski definition) is 3. The smallest absolute Gasteiger partial charge is 0.338 e. The Morgan fingerprint density at radius 2 is 1.49 bits per heavy atom. The number of esters is 1. The standard InChI is InChI=1S/C32H35NO2/c1-2-35-32(34)28-17-13-24(14-18-28)25-19-22-33(23-20-25)21-7-12-31-29-10-5-3-8-26(29)15-16-27-9-4-6-11-30(27)31/h3-6,8-14,17-18,25H,2,7,15-16,19-23H2,1H3. The summed E-state index contributed by atoms with van der Waals surface area (Å²) in [5, 5.41) is 0. The van der Waals surface area contributed by atoms with Gasteiger partial charge in [-0.05, 0) is 104 Å². The fourth-order valence-corrected chi connectivity index (χ4v) is 5.62. The SMILES string of the molecule is CCOC(=O)c1ccc(C2CCN(CCC=C3c4ccccc4CCc4ccccc43)CC2)cc1. The maximum absolute atomic E-state index is 11.9. The summed E-state index contributed by atoms with van der Waals surface area (Å²) in [5.74, 6) is 0.336. The van der Waals surface area contributed by atoms with Crippen molar-refractivity contribution in [2.75, 3.05) is 26.2 Å². The van der Waals surface area contributed by atoms with E-state index in [0.29, 0.717) is 18.1 Å². The molecule has 1 fully saturated rings. The number of nitrogens with zero attached hydrogens (tertiary/aromatic N) is 1. The van der Waals surface area contributed by atoms with Crippen molar-refractivity contribution in [2.45, 2.75) is 44.9 Å². The van der Waals surface area contributed by atoms with Gasteiger partial charge in [-0.1, -0.05) is 66.7 Å². The van der Waals surface area contributed by atoms with Crippen LogP contribution in [0.4, 0.5) is 0 Å². The van der Waals surface area contributed by atoms with Crippen molar-refractivity contribution in [1.82, 2.24) is 4.90 Å². The summed E-state index contributed by atoms with van der Waals surface area (Å²) < 4.78 is 5.10. The molecule has 35 heavy (non-hydrogen) atoms. The average molecular weight is 466 g/mol. The Morgan fingerprint density at radius 3 is 2.09 bits per heavy atom. The second-order valence-electron chi connectivity index (χ2n) is 9.68. The van der Waals surface area contributed by atoms with Crippen molar-refractivity contribution >= 4 is 11.5 Å². The Bertz CT molecular complexity index is 1140. The van der Waals surface area contributed by atoms with Crippen LogP contribution in [0.5, 0.6) is 0 Å². The van der Waals surface area contributed by atoms with Gasteiger partial charge in [0.1, 0.15) is 0 Å². The van der Waals surface area contributed by atoms with Crippen molar-refractivity contribution in [3.05, 3.63) is 112 Å². The molecule has 0 saturated carbocycles. The number of carbonyl (C=O) groups is 1. The van der Waals surface area contributed by atoms with Crippen LogP contribution in [0.1, 0.15) is 70.3 Å². The molecule has 0 bridgehead atoms. The first-order valence-electron chi connectivity index (χ1n) is 13.1. The molecule has 1 aliphatic heterocycles. The van der Waals surface area contributed by atoms with E-state index in [9.17, 15) is 4.79 Å². The predicted molar refractivity (Wildman–Crippen MR) is 143 cm³/mol. The minimum atomic E-state index is -0.234. The van der Waals surface area contributed by atoms with Crippen LogP contribution in [-0.2, 0) is 17.6 Å². The van der Waals surface area contributed by atoms with Crippen LogP contribution in [0, 0.1) is 0 Å². The molecule has 0 atom stereocenters. The Labute approximate surface area is 209 Å². The number of ether oxygens (including phenoxy) is 1. The van der Waals surface area contributed by atoms with Gasteiger partial charge in [0.15, 0.2) is 0 Å². The van der Waals surface area contributed by atoms with Crippen LogP contribution in [0.2, 0.25) is 0 Å². The predicted octanol–water partition coefficient (Wildman–Crippen LogP) is 6.66. The Morgan fingerprint density at radius 1 is 0.886 bits per heavy atom. The number of hydrogen-bond donors (Lipinski definition) is 0. The minimum absolute atomic E-state index is 0.234. The molecule has 1 saturated heterocycles. The normalized spacial score (nSPS) is 16.2. The number of likely N-dealkylation sites (tertiary alicyclic amines) is 1. The van der Waals surface area contributed by atoms with Gasteiger partial charge in [0.2, 0.25) is 0 Å². The molecule has 0 amide bonds. The third-order valence-electron chi connectivity index (χ3n) is 7.55. The maximum atomic E-state index is 11.9. The number of carbonyl (C=O) groups excluding carboxylic acids is 1. The van der Waals surface area contributed by atoms with E-state index in [-0.39, 0.29) is 5.97 Å². The average Bonchev–Trinajstić information content (AvgIpc) is 3.07. The highest BCUT2D eigenvalue weighted by Crippen LogP contribution is 2.34. The van der Waals surface area contributed by atoms with Gasteiger partial charge in [0.25, 0.3) is 0 Å². The van der Waals surface area contributed by atoms with Gasteiger partial charge in [0.05, 0.1) is 12.2 Å². The van der Waals surface area contributed by atoms with Crippen molar-refractivity contribution in [1.29, 1.82) is 0 Å². The topological polar surface area (TPSA) is 29.5 Å². The van der Waals surface area contributed by atoms with Crippen LogP contribution < -0.4 is 0 Å². The van der Waals surface area contributed by atoms with E-state index in [0.717, 1.165) is 38.9 Å². The first-order valence-corrected chi connectivity index (χ1v) is 13.1. The van der Waals surface area contributed by atoms with Crippen LogP contribution >= 0.6 is 0 Å². The Kier molecular flexibility index (Phi) is 7.44. The summed E-state index contributed by atoms with van der Waals surface area (Å²) >= 11 is 0. The second kappa shape index (κ2) is 11.0. The minimum Gasteiger partial charge on any atom is -0.462 e. The van der Waals surface area contributed by atoms with Crippen molar-refractivity contribution in [3.8, 4) is 0 Å². The number of aryl methyl sites for hydroxylation is 2. The fraction of sp³-hybridized carbons (Fsp3) is 0.344. The van der Waals surface area contributed by atoms with Gasteiger partial charge >= 0.3 is 5.97 Å². The quantitative estimate of drug-likeness (QED) is 0.381. The number of rotatable bonds is 6. The highest BCUT2D eigenvalue weighted by molar-refractivity contribution is 5.89. The lowest BCUT2D eigenvalue weighted by molar-refractivity contribution is 0.0526. The van der Waals surface area contributed by atoms with Crippen LogP contribution in [0.25, 0.3) is 5.57 Å². The molecule has 180 valence electrons. The largest absolute Gasteiger partial charge is 0.462 e. The van der Waals surface area contributed by atoms with Gasteiger partial charge in [-0.2, -0.15) is 0 Å². The molecule has 0 radical (unpaired) electrons. The Balaban J connectivity index is 1.21. The third-order valence-corrected chi connectivity index (χ3v) is 7.55. The monoisotopic (exact) mass is 465 g/mol. The summed E-state index contributed by atoms with van der Waals surface area (Å²) in [5.41, 5.74) is 9.12. The van der Waals surface area contributed by atoms with E-state index >= 15 is 0 Å². The molecule has 5 rings (SSSR count). The van der Waals surface area contributed by atoms with Gasteiger partial charge in [-0.3, -0.25) is 0 Å². The summed E-state index contributed by atoms with van der Waals surface area (Å²) in [6.45, 7) is 5.60. The van der Waals surface area contributed by atoms with Crippen LogP contribution in [-0.4, -0.2) is 37.1 Å². The molecule has 3 heteroatoms. The van der Waals surface area contributed by atoms with E-state index in [1.54, 1.807) is 0 Å². The van der Waals surface area contributed by atoms with E-state index in [2.05, 4.69) is 71.6 Å². The number of fused-ring (bicyclic) bond motifs is 2. The van der Waals surface area contributed by atoms with Crippen molar-refractivity contribution in [3.63, 3.8) is 0 Å². The lowest BCUT2D eigenvalue weighted by Gasteiger charge is -2.32. The molecule has 3 nitrogen and oxygen atoms in total. The third kappa shape index (κ3) is 5.41. The van der Waals surface area contributed by atoms with E-state index in [1.165, 1.54) is 46.2 Å². The van der Waals surface area contributed by atoms with Gasteiger partial charge in [-0.25, -0.2) is 4.79 Å². The first kappa shape index (κ1) is 23.6. The summed E-state index contributed by atoms with van der Waals surface area (Å²) in [4.78, 5) is 14.5. The molecular weight excluding hydrogens is 430 g/mol. The second-order valence-corrected chi connectivity index (χ2v) is 9.68. The van der Waals surface area contributed by atoms with Crippen molar-refractivity contribution < 1.29 is 9.53 Å². The molecule has 0 aromatic heterocycles. The molecular formula is C32H35NO2. The maximum Gasteiger partial charge on any atom is 0.338 e. The number of piperidine rings is 1. The van der Waals surface area contributed by atoms with Crippen LogP contribution in [0.15, 0.2) is 78.9 Å². The highest BCUT2D eigenvalue weighted by Gasteiger charge is 2.21. The number of benzene rings is 3. The zero-order valence-corrected chi connectivity index (χ0v) is 20.7. The molecule has 3 aromatic rings. The van der Waals surface area contributed by atoms with E-state index in [4.69, 9.17) is 4.74 Å². The molecule has 1 aliphatic carbocycles. The van der Waals surface area contributed by atoms with Gasteiger partial charge in [-0.15, -0.1) is 0 Å². The lowest BCUT2D eigenvalue weighted by Crippen LogP contribution is -2.33. The van der Waals surface area contributed by atoms with Gasteiger partial charge in [0, 0.05) is 6.54 Å². The van der Waals surface area contributed by atoms with Crippen LogP contribution in [0.3, 0.4) is 0 Å². The van der Waals surface area contributed by atoms with E-state index < -0.39 is 0 Å². The molecule has 2 aliphatic rings. The highest BCUT2D eigenvalue weighted by atomic mass is 16.5. The fourth-order valence-electron chi connectivity index (χ4n) is 5.62. The zero-order chi connectivity index (χ0) is 24.0. The molecule has 1 heterocycles. The van der Waals surface area contributed by atoms with E-state index in [1.807, 2.05) is 19.1 Å². The molecule has 3 aromatic carbocycles. The Hall–Kier alpha value is -3.17. The molecule has 0 N–H and O–H groups in total. The molecule has 0 unspecified atom stereocenters. The van der Waals surface area contributed by atoms with Gasteiger partial charge < -0.3 is 9.64 Å². The summed E-state index contributed by atoms with van der Waals surface area (Å²) in [6, 6.07) is 25.9. The first-order chi connectivity index (χ1) is 17.2. The van der Waals surface area contributed by atoms with Crippen molar-refractivity contribution in [2.24, 2.45) is 0 Å².